The average molecular weight is 455 g/mol. The Morgan fingerprint density at radius 3 is 1.90 bits per heavy atom. The monoisotopic (exact) mass is 455 g/mol. The van der Waals surface area contributed by atoms with E-state index in [-0.39, 0.29) is 4.90 Å². The van der Waals surface area contributed by atoms with Gasteiger partial charge >= 0.3 is 11.5 Å². The summed E-state index contributed by atoms with van der Waals surface area (Å²) in [6.45, 7) is 0. The SMILES string of the molecule is CN(C(=O)c1c(F)cccc1F)C(=O)N(C)c1c(F)cc(NSC(F)(F)F)cc1F. The van der Waals surface area contributed by atoms with Crippen molar-refractivity contribution >= 4 is 35.3 Å². The van der Waals surface area contributed by atoms with E-state index in [9.17, 15) is 40.3 Å². The number of nitrogens with zero attached hydrogens (tertiary/aromatic N) is 2. The van der Waals surface area contributed by atoms with E-state index >= 15 is 0 Å². The van der Waals surface area contributed by atoms with Gasteiger partial charge in [-0.1, -0.05) is 6.07 Å². The molecule has 0 aliphatic rings. The van der Waals surface area contributed by atoms with Crippen molar-refractivity contribution in [2.75, 3.05) is 23.7 Å². The number of rotatable bonds is 4. The van der Waals surface area contributed by atoms with Crippen LogP contribution in [0.1, 0.15) is 10.4 Å². The van der Waals surface area contributed by atoms with Gasteiger partial charge in [0.2, 0.25) is 0 Å². The first-order valence-corrected chi connectivity index (χ1v) is 8.64. The summed E-state index contributed by atoms with van der Waals surface area (Å²) in [5, 5.41) is 0. The van der Waals surface area contributed by atoms with Crippen LogP contribution in [0, 0.1) is 23.3 Å². The van der Waals surface area contributed by atoms with Crippen LogP contribution in [-0.4, -0.2) is 36.4 Å². The molecule has 0 aliphatic heterocycles. The molecule has 2 aromatic rings. The van der Waals surface area contributed by atoms with Gasteiger partial charge in [0.15, 0.2) is 11.6 Å². The van der Waals surface area contributed by atoms with Crippen LogP contribution in [0.2, 0.25) is 0 Å². The summed E-state index contributed by atoms with van der Waals surface area (Å²) in [7, 11) is 1.70. The number of urea groups is 1. The van der Waals surface area contributed by atoms with Gasteiger partial charge in [-0.25, -0.2) is 22.4 Å². The molecule has 0 atom stereocenters. The zero-order valence-corrected chi connectivity index (χ0v) is 16.0. The summed E-state index contributed by atoms with van der Waals surface area (Å²) in [5.74, 6) is -6.76. The minimum absolute atomic E-state index is 0.228. The number of nitrogens with one attached hydrogen (secondary N) is 1. The third kappa shape index (κ3) is 5.14. The summed E-state index contributed by atoms with van der Waals surface area (Å²) >= 11 is -0.754. The molecule has 0 radical (unpaired) electrons. The molecule has 0 saturated heterocycles. The fourth-order valence-electron chi connectivity index (χ4n) is 2.34. The molecule has 0 aliphatic carbocycles. The number of benzene rings is 2. The van der Waals surface area contributed by atoms with E-state index in [0.717, 1.165) is 32.3 Å². The predicted octanol–water partition coefficient (Wildman–Crippen LogP) is 5.15. The number of alkyl halides is 3. The lowest BCUT2D eigenvalue weighted by Crippen LogP contribution is -2.43. The Morgan fingerprint density at radius 2 is 1.43 bits per heavy atom. The minimum Gasteiger partial charge on any atom is -0.322 e. The third-order valence-corrected chi connectivity index (χ3v) is 4.26. The number of halogens is 7. The second-order valence-electron chi connectivity index (χ2n) is 5.74. The van der Waals surface area contributed by atoms with E-state index in [4.69, 9.17) is 0 Å². The third-order valence-electron chi connectivity index (χ3n) is 3.69. The second-order valence-corrected chi connectivity index (χ2v) is 6.61. The molecule has 5 nitrogen and oxygen atoms in total. The maximum Gasteiger partial charge on any atom is 0.461 e. The molecule has 1 N–H and O–H groups in total. The number of amides is 3. The van der Waals surface area contributed by atoms with Gasteiger partial charge in [0, 0.05) is 26.2 Å². The van der Waals surface area contributed by atoms with E-state index in [1.165, 1.54) is 0 Å². The summed E-state index contributed by atoms with van der Waals surface area (Å²) in [6, 6.07) is 2.20. The van der Waals surface area contributed by atoms with Gasteiger partial charge in [0.1, 0.15) is 22.9 Å². The fourth-order valence-corrected chi connectivity index (χ4v) is 2.69. The normalized spacial score (nSPS) is 11.2. The van der Waals surface area contributed by atoms with Crippen molar-refractivity contribution in [2.45, 2.75) is 5.51 Å². The van der Waals surface area contributed by atoms with Crippen LogP contribution in [0.4, 0.5) is 46.9 Å². The predicted molar refractivity (Wildman–Crippen MR) is 95.9 cm³/mol. The Balaban J connectivity index is 2.28. The zero-order chi connectivity index (χ0) is 22.8. The van der Waals surface area contributed by atoms with Gasteiger partial charge in [0.25, 0.3) is 5.91 Å². The number of carbonyl (C=O) groups is 2. The Bertz CT molecular complexity index is 941. The first-order chi connectivity index (χ1) is 13.8. The van der Waals surface area contributed by atoms with Crippen LogP contribution in [0.3, 0.4) is 0 Å². The van der Waals surface area contributed by atoms with Gasteiger partial charge in [-0.3, -0.25) is 14.6 Å². The Kier molecular flexibility index (Phi) is 6.85. The first kappa shape index (κ1) is 23.3. The number of hydrogen-bond donors (Lipinski definition) is 1. The van der Waals surface area contributed by atoms with Crippen LogP contribution < -0.4 is 9.62 Å². The number of anilines is 2. The van der Waals surface area contributed by atoms with Crippen LogP contribution in [-0.2, 0) is 0 Å². The van der Waals surface area contributed by atoms with Gasteiger partial charge in [-0.2, -0.15) is 13.2 Å². The van der Waals surface area contributed by atoms with E-state index in [2.05, 4.69) is 0 Å². The molecular weight excluding hydrogens is 443 g/mol. The highest BCUT2D eigenvalue weighted by Crippen LogP contribution is 2.33. The second kappa shape index (κ2) is 8.81. The maximum absolute atomic E-state index is 14.3. The van der Waals surface area contributed by atoms with Crippen molar-refractivity contribution < 1.29 is 40.3 Å². The highest BCUT2D eigenvalue weighted by Gasteiger charge is 2.31. The highest BCUT2D eigenvalue weighted by molar-refractivity contribution is 8.01. The lowest BCUT2D eigenvalue weighted by atomic mass is 10.1. The quantitative estimate of drug-likeness (QED) is 0.512. The highest BCUT2D eigenvalue weighted by atomic mass is 32.2. The largest absolute Gasteiger partial charge is 0.461 e. The Morgan fingerprint density at radius 1 is 0.933 bits per heavy atom. The average Bonchev–Trinajstić information content (AvgIpc) is 2.63. The standard InChI is InChI=1S/C17H12F7N3O2S/c1-26(14-11(20)6-8(7-12(14)21)25-30-17(22,23)24)16(29)27(2)15(28)13-9(18)4-3-5-10(13)19/h3-7,25H,1-2H3. The van der Waals surface area contributed by atoms with E-state index in [1.807, 2.05) is 0 Å². The lowest BCUT2D eigenvalue weighted by molar-refractivity contribution is -0.0324. The van der Waals surface area contributed by atoms with Crippen molar-refractivity contribution in [3.8, 4) is 0 Å². The molecular formula is C17H12F7N3O2S. The zero-order valence-electron chi connectivity index (χ0n) is 15.2. The van der Waals surface area contributed by atoms with Crippen molar-refractivity contribution in [1.29, 1.82) is 0 Å². The molecule has 30 heavy (non-hydrogen) atoms. The Labute approximate surface area is 169 Å². The summed E-state index contributed by atoms with van der Waals surface area (Å²) in [6.07, 6.45) is 0. The fraction of sp³-hybridized carbons (Fsp3) is 0.176. The number of hydrogen-bond acceptors (Lipinski definition) is 4. The molecule has 0 spiro atoms. The van der Waals surface area contributed by atoms with Crippen LogP contribution >= 0.6 is 11.9 Å². The summed E-state index contributed by atoms with van der Waals surface area (Å²) in [5.41, 5.74) is -7.33. The molecule has 13 heteroatoms. The van der Waals surface area contributed by atoms with Crippen molar-refractivity contribution in [2.24, 2.45) is 0 Å². The smallest absolute Gasteiger partial charge is 0.322 e. The topological polar surface area (TPSA) is 52.7 Å². The van der Waals surface area contributed by atoms with Crippen molar-refractivity contribution in [3.63, 3.8) is 0 Å². The van der Waals surface area contributed by atoms with Crippen molar-refractivity contribution in [3.05, 3.63) is 59.2 Å². The van der Waals surface area contributed by atoms with E-state index < -0.39 is 69.6 Å². The van der Waals surface area contributed by atoms with Gasteiger partial charge in [-0.05, 0) is 12.1 Å². The summed E-state index contributed by atoms with van der Waals surface area (Å²) in [4.78, 5) is 25.2. The molecule has 0 aromatic heterocycles. The van der Waals surface area contributed by atoms with Crippen LogP contribution in [0.5, 0.6) is 0 Å². The van der Waals surface area contributed by atoms with Gasteiger partial charge in [-0.15, -0.1) is 0 Å². The first-order valence-electron chi connectivity index (χ1n) is 7.83. The van der Waals surface area contributed by atoms with Crippen LogP contribution in [0.25, 0.3) is 0 Å². The van der Waals surface area contributed by atoms with Gasteiger partial charge in [0.05, 0.1) is 17.6 Å². The molecule has 162 valence electrons. The molecule has 0 unspecified atom stereocenters. The molecule has 0 heterocycles. The summed E-state index contributed by atoms with van der Waals surface area (Å²) < 4.78 is 94.3. The molecule has 2 aromatic carbocycles. The van der Waals surface area contributed by atoms with Gasteiger partial charge < -0.3 is 4.72 Å². The van der Waals surface area contributed by atoms with E-state index in [1.54, 1.807) is 4.72 Å². The minimum atomic E-state index is -4.72. The van der Waals surface area contributed by atoms with E-state index in [0.29, 0.717) is 17.0 Å². The molecule has 0 fully saturated rings. The number of imide groups is 1. The van der Waals surface area contributed by atoms with Crippen molar-refractivity contribution in [1.82, 2.24) is 4.90 Å². The molecule has 0 bridgehead atoms. The Hall–Kier alpha value is -2.96. The lowest BCUT2D eigenvalue weighted by Gasteiger charge is -2.25. The molecule has 2 rings (SSSR count). The maximum atomic E-state index is 14.3. The number of carbonyl (C=O) groups excluding carboxylic acids is 2. The molecule has 0 saturated carbocycles. The van der Waals surface area contributed by atoms with Crippen LogP contribution in [0.15, 0.2) is 30.3 Å². The molecule has 3 amide bonds.